The molecule has 1 unspecified atom stereocenters. The van der Waals surface area contributed by atoms with E-state index in [1.165, 1.54) is 19.2 Å². The Balaban J connectivity index is 2.80. The van der Waals surface area contributed by atoms with Crippen LogP contribution in [-0.4, -0.2) is 12.2 Å². The van der Waals surface area contributed by atoms with E-state index < -0.39 is 11.9 Å². The Labute approximate surface area is 95.4 Å². The Morgan fingerprint density at radius 2 is 2.25 bits per heavy atom. The number of benzene rings is 1. The fourth-order valence-corrected chi connectivity index (χ4v) is 1.43. The molecule has 0 aliphatic heterocycles. The van der Waals surface area contributed by atoms with E-state index in [0.29, 0.717) is 12.0 Å². The van der Waals surface area contributed by atoms with Crippen LogP contribution in [0.2, 0.25) is 0 Å². The largest absolute Gasteiger partial charge is 0.494 e. The lowest BCUT2D eigenvalue weighted by Gasteiger charge is -2.13. The predicted molar refractivity (Wildman–Crippen MR) is 62.0 cm³/mol. The second-order valence-corrected chi connectivity index (χ2v) is 3.72. The Bertz CT molecular complexity index is 374. The normalized spacial score (nSPS) is 12.2. The summed E-state index contributed by atoms with van der Waals surface area (Å²) >= 11 is 0. The second-order valence-electron chi connectivity index (χ2n) is 3.72. The Kier molecular flexibility index (Phi) is 4.50. The average molecular weight is 224 g/mol. The van der Waals surface area contributed by atoms with Crippen molar-refractivity contribution in [2.45, 2.75) is 25.9 Å². The lowest BCUT2D eigenvalue weighted by Crippen LogP contribution is -2.00. The standard InChI is InChI=1S/C13H17FO2/c1-4-9(2)7-12(15)10-5-6-13(16-3)11(14)8-10/h5-6,8,12,15H,2,4,7H2,1,3H3. The molecule has 1 atom stereocenters. The van der Waals surface area contributed by atoms with Crippen molar-refractivity contribution in [1.29, 1.82) is 0 Å². The van der Waals surface area contributed by atoms with Gasteiger partial charge in [0.15, 0.2) is 11.6 Å². The van der Waals surface area contributed by atoms with Gasteiger partial charge in [0.25, 0.3) is 0 Å². The van der Waals surface area contributed by atoms with Crippen LogP contribution in [0.15, 0.2) is 30.4 Å². The maximum absolute atomic E-state index is 13.4. The molecule has 0 aromatic heterocycles. The minimum absolute atomic E-state index is 0.185. The number of methoxy groups -OCH3 is 1. The van der Waals surface area contributed by atoms with Crippen molar-refractivity contribution in [3.05, 3.63) is 41.7 Å². The first kappa shape index (κ1) is 12.7. The van der Waals surface area contributed by atoms with Crippen LogP contribution in [0.5, 0.6) is 5.75 Å². The lowest BCUT2D eigenvalue weighted by atomic mass is 10.0. The van der Waals surface area contributed by atoms with Gasteiger partial charge < -0.3 is 9.84 Å². The van der Waals surface area contributed by atoms with Gasteiger partial charge in [-0.1, -0.05) is 25.1 Å². The van der Waals surface area contributed by atoms with Gasteiger partial charge in [0.05, 0.1) is 13.2 Å². The van der Waals surface area contributed by atoms with Crippen molar-refractivity contribution < 1.29 is 14.2 Å². The smallest absolute Gasteiger partial charge is 0.165 e. The highest BCUT2D eigenvalue weighted by molar-refractivity contribution is 5.30. The third-order valence-corrected chi connectivity index (χ3v) is 2.54. The molecule has 0 aliphatic rings. The van der Waals surface area contributed by atoms with Gasteiger partial charge in [0.2, 0.25) is 0 Å². The van der Waals surface area contributed by atoms with Gasteiger partial charge in [-0.15, -0.1) is 0 Å². The Morgan fingerprint density at radius 1 is 1.56 bits per heavy atom. The molecule has 0 amide bonds. The van der Waals surface area contributed by atoms with E-state index in [1.54, 1.807) is 6.07 Å². The number of aliphatic hydroxyl groups is 1. The summed E-state index contributed by atoms with van der Waals surface area (Å²) in [5, 5.41) is 9.84. The van der Waals surface area contributed by atoms with Crippen LogP contribution in [0.3, 0.4) is 0 Å². The molecule has 3 heteroatoms. The van der Waals surface area contributed by atoms with E-state index in [2.05, 4.69) is 6.58 Å². The fourth-order valence-electron chi connectivity index (χ4n) is 1.43. The van der Waals surface area contributed by atoms with Gasteiger partial charge >= 0.3 is 0 Å². The fraction of sp³-hybridized carbons (Fsp3) is 0.385. The van der Waals surface area contributed by atoms with Crippen molar-refractivity contribution in [2.24, 2.45) is 0 Å². The molecular formula is C13H17FO2. The van der Waals surface area contributed by atoms with E-state index in [0.717, 1.165) is 12.0 Å². The zero-order valence-electron chi connectivity index (χ0n) is 9.66. The van der Waals surface area contributed by atoms with Crippen LogP contribution < -0.4 is 4.74 Å². The third-order valence-electron chi connectivity index (χ3n) is 2.54. The van der Waals surface area contributed by atoms with Crippen LogP contribution in [0, 0.1) is 5.82 Å². The SMILES string of the molecule is C=C(CC)CC(O)c1ccc(OC)c(F)c1. The number of aliphatic hydroxyl groups excluding tert-OH is 1. The van der Waals surface area contributed by atoms with E-state index in [-0.39, 0.29) is 5.75 Å². The third kappa shape index (κ3) is 3.07. The average Bonchev–Trinajstić information content (AvgIpc) is 2.28. The Morgan fingerprint density at radius 3 is 2.75 bits per heavy atom. The van der Waals surface area contributed by atoms with E-state index in [1.807, 2.05) is 6.92 Å². The molecular weight excluding hydrogens is 207 g/mol. The summed E-state index contributed by atoms with van der Waals surface area (Å²) in [7, 11) is 1.41. The van der Waals surface area contributed by atoms with E-state index in [9.17, 15) is 9.50 Å². The number of hydrogen-bond donors (Lipinski definition) is 1. The van der Waals surface area contributed by atoms with E-state index >= 15 is 0 Å². The van der Waals surface area contributed by atoms with Gasteiger partial charge in [0.1, 0.15) is 0 Å². The molecule has 0 saturated heterocycles. The first-order chi connectivity index (χ1) is 7.58. The summed E-state index contributed by atoms with van der Waals surface area (Å²) < 4.78 is 18.2. The summed E-state index contributed by atoms with van der Waals surface area (Å²) in [4.78, 5) is 0. The molecule has 0 heterocycles. The van der Waals surface area contributed by atoms with Crippen molar-refractivity contribution in [3.63, 3.8) is 0 Å². The summed E-state index contributed by atoms with van der Waals surface area (Å²) in [6.45, 7) is 5.79. The molecule has 1 aromatic carbocycles. The number of rotatable bonds is 5. The van der Waals surface area contributed by atoms with E-state index in [4.69, 9.17) is 4.74 Å². The zero-order valence-corrected chi connectivity index (χ0v) is 9.66. The molecule has 0 radical (unpaired) electrons. The molecule has 16 heavy (non-hydrogen) atoms. The van der Waals surface area contributed by atoms with Crippen molar-refractivity contribution in [1.82, 2.24) is 0 Å². The maximum Gasteiger partial charge on any atom is 0.165 e. The molecule has 1 aromatic rings. The minimum Gasteiger partial charge on any atom is -0.494 e. The predicted octanol–water partition coefficient (Wildman–Crippen LogP) is 3.22. The minimum atomic E-state index is -0.701. The van der Waals surface area contributed by atoms with Crippen LogP contribution in [0.25, 0.3) is 0 Å². The monoisotopic (exact) mass is 224 g/mol. The second kappa shape index (κ2) is 5.66. The molecule has 88 valence electrons. The van der Waals surface area contributed by atoms with Gasteiger partial charge in [-0.3, -0.25) is 0 Å². The van der Waals surface area contributed by atoms with Gasteiger partial charge in [0, 0.05) is 0 Å². The van der Waals surface area contributed by atoms with Crippen molar-refractivity contribution >= 4 is 0 Å². The van der Waals surface area contributed by atoms with Crippen LogP contribution in [-0.2, 0) is 0 Å². The summed E-state index contributed by atoms with van der Waals surface area (Å²) in [6, 6.07) is 4.48. The lowest BCUT2D eigenvalue weighted by molar-refractivity contribution is 0.177. The molecule has 0 aliphatic carbocycles. The molecule has 0 bridgehead atoms. The molecule has 0 fully saturated rings. The molecule has 1 rings (SSSR count). The highest BCUT2D eigenvalue weighted by Gasteiger charge is 2.11. The topological polar surface area (TPSA) is 29.5 Å². The van der Waals surface area contributed by atoms with Crippen LogP contribution in [0.1, 0.15) is 31.4 Å². The first-order valence-electron chi connectivity index (χ1n) is 5.26. The summed E-state index contributed by atoms with van der Waals surface area (Å²) in [5.41, 5.74) is 1.50. The van der Waals surface area contributed by atoms with Gasteiger partial charge in [-0.25, -0.2) is 4.39 Å². The molecule has 0 saturated carbocycles. The Hall–Kier alpha value is -1.35. The van der Waals surface area contributed by atoms with Gasteiger partial charge in [-0.2, -0.15) is 0 Å². The van der Waals surface area contributed by atoms with Crippen molar-refractivity contribution in [2.75, 3.05) is 7.11 Å². The molecule has 0 spiro atoms. The number of hydrogen-bond acceptors (Lipinski definition) is 2. The number of halogens is 1. The highest BCUT2D eigenvalue weighted by atomic mass is 19.1. The zero-order chi connectivity index (χ0) is 12.1. The first-order valence-corrected chi connectivity index (χ1v) is 5.26. The van der Waals surface area contributed by atoms with Crippen molar-refractivity contribution in [3.8, 4) is 5.75 Å². The van der Waals surface area contributed by atoms with Crippen LogP contribution in [0.4, 0.5) is 4.39 Å². The number of ether oxygens (including phenoxy) is 1. The quantitative estimate of drug-likeness (QED) is 0.778. The summed E-state index contributed by atoms with van der Waals surface area (Å²) in [5.74, 6) is -0.272. The highest BCUT2D eigenvalue weighted by Crippen LogP contribution is 2.25. The molecule has 1 N–H and O–H groups in total. The maximum atomic E-state index is 13.4. The van der Waals surface area contributed by atoms with Gasteiger partial charge in [-0.05, 0) is 30.5 Å². The molecule has 2 nitrogen and oxygen atoms in total. The summed E-state index contributed by atoms with van der Waals surface area (Å²) in [6.07, 6.45) is 0.575. The van der Waals surface area contributed by atoms with Crippen LogP contribution >= 0.6 is 0 Å².